The summed E-state index contributed by atoms with van der Waals surface area (Å²) in [7, 11) is 0. The van der Waals surface area contributed by atoms with Gasteiger partial charge in [0.15, 0.2) is 18.3 Å². The highest BCUT2D eigenvalue weighted by molar-refractivity contribution is 9.10. The van der Waals surface area contributed by atoms with Gasteiger partial charge in [-0.1, -0.05) is 82.3 Å². The molecule has 0 radical (unpaired) electrons. The molecule has 0 amide bonds. The summed E-state index contributed by atoms with van der Waals surface area (Å²) in [6.07, 6.45) is -5.01. The topological polar surface area (TPSA) is 108 Å². The van der Waals surface area contributed by atoms with E-state index in [1.165, 1.54) is 11.8 Å². The summed E-state index contributed by atoms with van der Waals surface area (Å²) in [6.45, 7) is -0.567. The molecule has 8 nitrogen and oxygen atoms in total. The number of esters is 3. The van der Waals surface area contributed by atoms with Gasteiger partial charge < -0.3 is 24.1 Å². The van der Waals surface area contributed by atoms with Crippen molar-refractivity contribution in [3.63, 3.8) is 0 Å². The lowest BCUT2D eigenvalue weighted by Crippen LogP contribution is -2.61. The van der Waals surface area contributed by atoms with E-state index in [0.717, 1.165) is 9.37 Å². The summed E-state index contributed by atoms with van der Waals surface area (Å²) < 4.78 is 25.0. The van der Waals surface area contributed by atoms with Crippen LogP contribution in [0.5, 0.6) is 0 Å². The molecule has 5 rings (SSSR count). The first-order valence-corrected chi connectivity index (χ1v) is 15.1. The lowest BCUT2D eigenvalue weighted by atomic mass is 9.98. The summed E-state index contributed by atoms with van der Waals surface area (Å²) in [5.41, 5.74) is -0.194. The van der Waals surface area contributed by atoms with Gasteiger partial charge in [0.25, 0.3) is 0 Å². The fourth-order valence-electron chi connectivity index (χ4n) is 4.47. The zero-order valence-corrected chi connectivity index (χ0v) is 25.1. The minimum absolute atomic E-state index is 0.243. The number of benzene rings is 4. The minimum atomic E-state index is -1.34. The van der Waals surface area contributed by atoms with E-state index in [0.29, 0.717) is 0 Å². The number of carbonyl (C=O) groups is 3. The molecular formula is C33H27BrO8S. The number of hydrogen-bond acceptors (Lipinski definition) is 9. The Kier molecular flexibility index (Phi) is 10.3. The van der Waals surface area contributed by atoms with E-state index < -0.39 is 54.4 Å². The molecule has 1 saturated heterocycles. The number of aliphatic hydroxyl groups excluding tert-OH is 1. The Hall–Kier alpha value is -3.96. The van der Waals surface area contributed by atoms with Crippen LogP contribution in [0, 0.1) is 0 Å². The number of halogens is 1. The molecular weight excluding hydrogens is 636 g/mol. The van der Waals surface area contributed by atoms with Gasteiger partial charge in [-0.3, -0.25) is 0 Å². The number of hydrogen-bond donors (Lipinski definition) is 1. The van der Waals surface area contributed by atoms with E-state index in [-0.39, 0.29) is 16.7 Å². The van der Waals surface area contributed by atoms with Gasteiger partial charge in [-0.15, -0.1) is 0 Å². The molecule has 10 heteroatoms. The zero-order chi connectivity index (χ0) is 30.2. The Morgan fingerprint density at radius 1 is 0.628 bits per heavy atom. The van der Waals surface area contributed by atoms with E-state index in [1.54, 1.807) is 91.0 Å². The second kappa shape index (κ2) is 14.5. The van der Waals surface area contributed by atoms with Gasteiger partial charge >= 0.3 is 17.9 Å². The predicted octanol–water partition coefficient (Wildman–Crippen LogP) is 5.94. The quantitative estimate of drug-likeness (QED) is 0.172. The van der Waals surface area contributed by atoms with Crippen LogP contribution < -0.4 is 0 Å². The van der Waals surface area contributed by atoms with Crippen molar-refractivity contribution >= 4 is 45.6 Å². The van der Waals surface area contributed by atoms with Crippen molar-refractivity contribution in [2.24, 2.45) is 0 Å². The Morgan fingerprint density at radius 3 is 1.49 bits per heavy atom. The van der Waals surface area contributed by atoms with Crippen LogP contribution in [-0.4, -0.2) is 59.5 Å². The van der Waals surface area contributed by atoms with Crippen molar-refractivity contribution in [2.75, 3.05) is 6.61 Å². The number of ether oxygens (including phenoxy) is 4. The van der Waals surface area contributed by atoms with Gasteiger partial charge in [-0.25, -0.2) is 14.4 Å². The molecule has 220 valence electrons. The number of thioether (sulfide) groups is 1. The third kappa shape index (κ3) is 7.71. The van der Waals surface area contributed by atoms with Crippen molar-refractivity contribution in [3.05, 3.63) is 136 Å². The van der Waals surface area contributed by atoms with Crippen LogP contribution in [0.1, 0.15) is 31.1 Å². The second-order valence-electron chi connectivity index (χ2n) is 9.51. The Balaban J connectivity index is 1.54. The molecule has 0 spiro atoms. The van der Waals surface area contributed by atoms with Crippen molar-refractivity contribution in [1.82, 2.24) is 0 Å². The normalized spacial score (nSPS) is 21.4. The molecule has 4 aromatic rings. The molecule has 1 aliphatic rings. The molecule has 1 fully saturated rings. The highest BCUT2D eigenvalue weighted by Crippen LogP contribution is 2.38. The van der Waals surface area contributed by atoms with Gasteiger partial charge in [0, 0.05) is 9.37 Å². The molecule has 1 aliphatic heterocycles. The van der Waals surface area contributed by atoms with Gasteiger partial charge in [0.05, 0.1) is 23.3 Å². The molecule has 0 unspecified atom stereocenters. The Morgan fingerprint density at radius 2 is 1.05 bits per heavy atom. The summed E-state index contributed by atoms with van der Waals surface area (Å²) in [4.78, 5) is 40.7. The number of aliphatic hydroxyl groups is 1. The lowest BCUT2D eigenvalue weighted by Gasteiger charge is -2.44. The summed E-state index contributed by atoms with van der Waals surface area (Å²) in [6, 6.07) is 32.3. The third-order valence-electron chi connectivity index (χ3n) is 6.59. The average Bonchev–Trinajstić information content (AvgIpc) is 3.05. The summed E-state index contributed by atoms with van der Waals surface area (Å²) >= 11 is 4.64. The largest absolute Gasteiger partial charge is 0.452 e. The van der Waals surface area contributed by atoms with Crippen LogP contribution in [0.25, 0.3) is 0 Å². The van der Waals surface area contributed by atoms with Crippen molar-refractivity contribution in [3.8, 4) is 0 Å². The highest BCUT2D eigenvalue weighted by atomic mass is 79.9. The first kappa shape index (κ1) is 30.5. The van der Waals surface area contributed by atoms with E-state index in [4.69, 9.17) is 18.9 Å². The van der Waals surface area contributed by atoms with Crippen molar-refractivity contribution in [2.45, 2.75) is 34.7 Å². The van der Waals surface area contributed by atoms with Gasteiger partial charge in [-0.05, 0) is 60.7 Å². The van der Waals surface area contributed by atoms with Crippen LogP contribution in [0.15, 0.2) is 125 Å². The van der Waals surface area contributed by atoms with Crippen molar-refractivity contribution < 1.29 is 38.4 Å². The first-order chi connectivity index (χ1) is 20.9. The number of carbonyl (C=O) groups excluding carboxylic acids is 3. The summed E-state index contributed by atoms with van der Waals surface area (Å²) in [5, 5.41) is 10.4. The lowest BCUT2D eigenvalue weighted by molar-refractivity contribution is -0.207. The number of rotatable bonds is 9. The van der Waals surface area contributed by atoms with E-state index in [1.807, 2.05) is 24.3 Å². The first-order valence-electron chi connectivity index (χ1n) is 13.4. The van der Waals surface area contributed by atoms with Gasteiger partial charge in [-0.2, -0.15) is 0 Å². The second-order valence-corrected chi connectivity index (χ2v) is 11.6. The molecule has 4 aromatic carbocycles. The fourth-order valence-corrected chi connectivity index (χ4v) is 5.84. The maximum atomic E-state index is 13.4. The van der Waals surface area contributed by atoms with E-state index in [9.17, 15) is 19.5 Å². The molecule has 0 aromatic heterocycles. The maximum Gasteiger partial charge on any atom is 0.338 e. The SMILES string of the molecule is O=C(O[C@@H]1[C@@H](OC(=O)c2ccccc2)[C@H](Sc2ccc(Br)cc2)O[C@H](CO)[C@H]1OC(=O)c1ccccc1)c1ccccc1. The molecule has 1 heterocycles. The van der Waals surface area contributed by atoms with E-state index >= 15 is 0 Å². The smallest absolute Gasteiger partial charge is 0.338 e. The van der Waals surface area contributed by atoms with Crippen LogP contribution in [0.3, 0.4) is 0 Å². The zero-order valence-electron chi connectivity index (χ0n) is 22.7. The molecule has 0 bridgehead atoms. The standard InChI is InChI=1S/C33H27BrO8S/c34-24-16-18-25(19-17-24)43-33-29(42-32(38)23-14-8-3-9-15-23)28(41-31(37)22-12-6-2-7-13-22)27(26(20-35)39-33)40-30(36)21-10-4-1-5-11-21/h1-19,26-29,33,35H,20H2/t26-,27-,28+,29-,33+/m1/s1. The summed E-state index contributed by atoms with van der Waals surface area (Å²) in [5.74, 6) is -2.13. The van der Waals surface area contributed by atoms with Crippen LogP contribution in [-0.2, 0) is 18.9 Å². The maximum absolute atomic E-state index is 13.4. The van der Waals surface area contributed by atoms with Crippen LogP contribution >= 0.6 is 27.7 Å². The van der Waals surface area contributed by atoms with Crippen molar-refractivity contribution in [1.29, 1.82) is 0 Å². The predicted molar refractivity (Wildman–Crippen MR) is 163 cm³/mol. The average molecular weight is 664 g/mol. The Labute approximate surface area is 261 Å². The molecule has 1 N–H and O–H groups in total. The van der Waals surface area contributed by atoms with Gasteiger partial charge in [0.2, 0.25) is 0 Å². The minimum Gasteiger partial charge on any atom is -0.452 e. The monoisotopic (exact) mass is 662 g/mol. The van der Waals surface area contributed by atoms with E-state index in [2.05, 4.69) is 15.9 Å². The molecule has 0 saturated carbocycles. The molecule has 0 aliphatic carbocycles. The highest BCUT2D eigenvalue weighted by Gasteiger charge is 2.52. The fraction of sp³-hybridized carbons (Fsp3) is 0.182. The van der Waals surface area contributed by atoms with Gasteiger partial charge in [0.1, 0.15) is 11.5 Å². The van der Waals surface area contributed by atoms with Crippen LogP contribution in [0.4, 0.5) is 0 Å². The molecule has 43 heavy (non-hydrogen) atoms. The molecule has 5 atom stereocenters. The third-order valence-corrected chi connectivity index (χ3v) is 8.28. The van der Waals surface area contributed by atoms with Crippen LogP contribution in [0.2, 0.25) is 0 Å². The Bertz CT molecular complexity index is 1520.